The van der Waals surface area contributed by atoms with Crippen molar-refractivity contribution in [3.05, 3.63) is 21.9 Å². The van der Waals surface area contributed by atoms with Crippen LogP contribution in [0.5, 0.6) is 0 Å². The molecule has 1 aliphatic heterocycles. The predicted molar refractivity (Wildman–Crippen MR) is 79.5 cm³/mol. The minimum absolute atomic E-state index is 0.694. The molecule has 0 saturated carbocycles. The Kier molecular flexibility index (Phi) is 6.85. The third kappa shape index (κ3) is 5.61. The second-order valence-electron chi connectivity index (χ2n) is 5.12. The lowest BCUT2D eigenvalue weighted by Crippen LogP contribution is -2.19. The molecule has 0 unspecified atom stereocenters. The van der Waals surface area contributed by atoms with Crippen LogP contribution in [0.15, 0.2) is 12.1 Å². The van der Waals surface area contributed by atoms with Crippen molar-refractivity contribution in [2.45, 2.75) is 39.3 Å². The maximum Gasteiger partial charge on any atom is 0.0809 e. The van der Waals surface area contributed by atoms with Gasteiger partial charge in [-0.2, -0.15) is 0 Å². The Hall–Kier alpha value is -0.420. The van der Waals surface area contributed by atoms with E-state index < -0.39 is 0 Å². The largest absolute Gasteiger partial charge is 0.381 e. The second-order valence-corrected chi connectivity index (χ2v) is 6.37. The summed E-state index contributed by atoms with van der Waals surface area (Å²) >= 11 is 1.86. The van der Waals surface area contributed by atoms with Crippen LogP contribution in [0.2, 0.25) is 0 Å². The van der Waals surface area contributed by atoms with E-state index in [9.17, 15) is 0 Å². The van der Waals surface area contributed by atoms with Crippen molar-refractivity contribution in [1.29, 1.82) is 0 Å². The van der Waals surface area contributed by atoms with E-state index in [-0.39, 0.29) is 0 Å². The van der Waals surface area contributed by atoms with Gasteiger partial charge in [-0.3, -0.25) is 0 Å². The summed E-state index contributed by atoms with van der Waals surface area (Å²) in [5.74, 6) is 0.694. The Morgan fingerprint density at radius 3 is 2.89 bits per heavy atom. The lowest BCUT2D eigenvalue weighted by molar-refractivity contribution is 0.0163. The molecular weight excluding hydrogens is 258 g/mol. The van der Waals surface area contributed by atoms with Crippen LogP contribution in [0.1, 0.15) is 35.9 Å². The fraction of sp³-hybridized carbons (Fsp3) is 0.733. The standard InChI is InChI=1S/C15H25NO2S/c1-2-7-16-10-14-3-4-15(19-14)12-18-11-13-5-8-17-9-6-13/h3-4,13,16H,2,5-12H2,1H3. The second kappa shape index (κ2) is 8.69. The third-order valence-corrected chi connectivity index (χ3v) is 4.44. The van der Waals surface area contributed by atoms with Gasteiger partial charge in [0.25, 0.3) is 0 Å². The molecule has 1 saturated heterocycles. The highest BCUT2D eigenvalue weighted by molar-refractivity contribution is 7.11. The molecule has 1 fully saturated rings. The van der Waals surface area contributed by atoms with Crippen LogP contribution in [0.4, 0.5) is 0 Å². The van der Waals surface area contributed by atoms with Gasteiger partial charge in [0.2, 0.25) is 0 Å². The number of ether oxygens (including phenoxy) is 2. The van der Waals surface area contributed by atoms with E-state index in [1.165, 1.54) is 16.2 Å². The van der Waals surface area contributed by atoms with Crippen molar-refractivity contribution in [2.24, 2.45) is 5.92 Å². The average Bonchev–Trinajstić information content (AvgIpc) is 2.88. The molecule has 1 aromatic rings. The maximum absolute atomic E-state index is 5.83. The van der Waals surface area contributed by atoms with E-state index in [4.69, 9.17) is 9.47 Å². The van der Waals surface area contributed by atoms with Crippen molar-refractivity contribution < 1.29 is 9.47 Å². The summed E-state index contributed by atoms with van der Waals surface area (Å²) in [6, 6.07) is 4.40. The first-order valence-corrected chi connectivity index (χ1v) is 8.14. The Morgan fingerprint density at radius 1 is 1.32 bits per heavy atom. The van der Waals surface area contributed by atoms with Crippen molar-refractivity contribution in [1.82, 2.24) is 5.32 Å². The molecule has 0 radical (unpaired) electrons. The molecule has 0 spiro atoms. The fourth-order valence-electron chi connectivity index (χ4n) is 2.22. The van der Waals surface area contributed by atoms with Gasteiger partial charge >= 0.3 is 0 Å². The Labute approximate surface area is 120 Å². The molecule has 0 aliphatic carbocycles. The molecule has 1 aromatic heterocycles. The number of thiophene rings is 1. The summed E-state index contributed by atoms with van der Waals surface area (Å²) < 4.78 is 11.2. The Morgan fingerprint density at radius 2 is 2.11 bits per heavy atom. The topological polar surface area (TPSA) is 30.5 Å². The van der Waals surface area contributed by atoms with Gasteiger partial charge in [-0.15, -0.1) is 11.3 Å². The van der Waals surface area contributed by atoms with Gasteiger partial charge in [-0.1, -0.05) is 6.92 Å². The van der Waals surface area contributed by atoms with Crippen LogP contribution >= 0.6 is 11.3 Å². The summed E-state index contributed by atoms with van der Waals surface area (Å²) in [4.78, 5) is 2.73. The molecule has 108 valence electrons. The minimum Gasteiger partial charge on any atom is -0.381 e. The van der Waals surface area contributed by atoms with Crippen molar-refractivity contribution in [3.63, 3.8) is 0 Å². The molecular formula is C15H25NO2S. The van der Waals surface area contributed by atoms with Crippen molar-refractivity contribution in [3.8, 4) is 0 Å². The first-order chi connectivity index (χ1) is 9.38. The molecule has 0 aromatic carbocycles. The zero-order valence-electron chi connectivity index (χ0n) is 11.8. The maximum atomic E-state index is 5.83. The summed E-state index contributed by atoms with van der Waals surface area (Å²) in [6.07, 6.45) is 3.49. The highest BCUT2D eigenvalue weighted by Gasteiger charge is 2.13. The highest BCUT2D eigenvalue weighted by atomic mass is 32.1. The fourth-order valence-corrected chi connectivity index (χ4v) is 3.15. The predicted octanol–water partition coefficient (Wildman–Crippen LogP) is 3.19. The quantitative estimate of drug-likeness (QED) is 0.743. The van der Waals surface area contributed by atoms with Crippen molar-refractivity contribution >= 4 is 11.3 Å². The number of hydrogen-bond donors (Lipinski definition) is 1. The van der Waals surface area contributed by atoms with E-state index in [0.29, 0.717) is 5.92 Å². The first kappa shape index (κ1) is 15.0. The van der Waals surface area contributed by atoms with E-state index >= 15 is 0 Å². The molecule has 3 nitrogen and oxygen atoms in total. The average molecular weight is 283 g/mol. The zero-order chi connectivity index (χ0) is 13.3. The van der Waals surface area contributed by atoms with Gasteiger partial charge in [0, 0.05) is 29.5 Å². The molecule has 4 heteroatoms. The summed E-state index contributed by atoms with van der Waals surface area (Å²) in [5.41, 5.74) is 0. The van der Waals surface area contributed by atoms with E-state index in [1.54, 1.807) is 0 Å². The van der Waals surface area contributed by atoms with Gasteiger partial charge in [0.05, 0.1) is 13.2 Å². The van der Waals surface area contributed by atoms with Crippen LogP contribution in [-0.4, -0.2) is 26.4 Å². The monoisotopic (exact) mass is 283 g/mol. The SMILES string of the molecule is CCCNCc1ccc(COCC2CCOCC2)s1. The van der Waals surface area contributed by atoms with Crippen LogP contribution in [0.25, 0.3) is 0 Å². The molecule has 19 heavy (non-hydrogen) atoms. The Balaban J connectivity index is 1.62. The number of hydrogen-bond acceptors (Lipinski definition) is 4. The molecule has 2 heterocycles. The smallest absolute Gasteiger partial charge is 0.0809 e. The normalized spacial score (nSPS) is 16.9. The zero-order valence-corrected chi connectivity index (χ0v) is 12.6. The molecule has 2 rings (SSSR count). The summed E-state index contributed by atoms with van der Waals surface area (Å²) in [5, 5.41) is 3.43. The van der Waals surface area contributed by atoms with Crippen LogP contribution in [-0.2, 0) is 22.6 Å². The number of nitrogens with one attached hydrogen (secondary N) is 1. The lowest BCUT2D eigenvalue weighted by Gasteiger charge is -2.21. The molecule has 1 aliphatic rings. The van der Waals surface area contributed by atoms with E-state index in [2.05, 4.69) is 24.4 Å². The van der Waals surface area contributed by atoms with Crippen molar-refractivity contribution in [2.75, 3.05) is 26.4 Å². The van der Waals surface area contributed by atoms with Gasteiger partial charge in [0.15, 0.2) is 0 Å². The minimum atomic E-state index is 0.694. The van der Waals surface area contributed by atoms with Crippen LogP contribution in [0, 0.1) is 5.92 Å². The molecule has 0 atom stereocenters. The summed E-state index contributed by atoms with van der Waals surface area (Å²) in [6.45, 7) is 7.71. The van der Waals surface area contributed by atoms with Gasteiger partial charge in [0.1, 0.15) is 0 Å². The lowest BCUT2D eigenvalue weighted by atomic mass is 10.0. The van der Waals surface area contributed by atoms with Crippen LogP contribution < -0.4 is 5.32 Å². The Bertz CT molecular complexity index is 348. The van der Waals surface area contributed by atoms with Gasteiger partial charge in [-0.05, 0) is 43.9 Å². The molecule has 1 N–H and O–H groups in total. The van der Waals surface area contributed by atoms with Gasteiger partial charge in [-0.25, -0.2) is 0 Å². The molecule has 0 amide bonds. The van der Waals surface area contributed by atoms with E-state index in [0.717, 1.165) is 52.4 Å². The van der Waals surface area contributed by atoms with Gasteiger partial charge < -0.3 is 14.8 Å². The van der Waals surface area contributed by atoms with E-state index in [1.807, 2.05) is 11.3 Å². The third-order valence-electron chi connectivity index (χ3n) is 3.38. The first-order valence-electron chi connectivity index (χ1n) is 7.32. The number of rotatable bonds is 8. The highest BCUT2D eigenvalue weighted by Crippen LogP contribution is 2.19. The summed E-state index contributed by atoms with van der Waals surface area (Å²) in [7, 11) is 0. The van der Waals surface area contributed by atoms with Crippen LogP contribution in [0.3, 0.4) is 0 Å². The molecule has 0 bridgehead atoms.